The Morgan fingerprint density at radius 2 is 2.11 bits per heavy atom. The summed E-state index contributed by atoms with van der Waals surface area (Å²) < 4.78 is 16.8. The molecule has 0 amide bonds. The molecular weight excluding hydrogens is 256 g/mol. The number of hydrogen-bond acceptors (Lipinski definition) is 4. The van der Waals surface area contributed by atoms with E-state index in [2.05, 4.69) is 0 Å². The first-order valence-corrected chi connectivity index (χ1v) is 6.32. The molecule has 1 N–H and O–H groups in total. The van der Waals surface area contributed by atoms with E-state index >= 15 is 0 Å². The number of benzene rings is 1. The van der Waals surface area contributed by atoms with Crippen LogP contribution in [-0.4, -0.2) is 32.0 Å². The molecule has 2 rings (SSSR count). The Labute approximate surface area is 111 Å². The van der Waals surface area contributed by atoms with Gasteiger partial charge in [0.05, 0.1) is 25.9 Å². The minimum atomic E-state index is -0.848. The van der Waals surface area contributed by atoms with Crippen LogP contribution in [0.25, 0.3) is 0 Å². The molecule has 100 valence electrons. The maximum atomic E-state index is 9.00. The van der Waals surface area contributed by atoms with E-state index < -0.39 is 5.79 Å². The SMILES string of the molecule is COc1ccc(Cl)cc1C1(CCCO)OCCO1. The maximum Gasteiger partial charge on any atom is 0.198 e. The Morgan fingerprint density at radius 1 is 1.39 bits per heavy atom. The second-order valence-electron chi connectivity index (χ2n) is 4.12. The maximum absolute atomic E-state index is 9.00. The minimum Gasteiger partial charge on any atom is -0.496 e. The van der Waals surface area contributed by atoms with Crippen molar-refractivity contribution in [1.82, 2.24) is 0 Å². The van der Waals surface area contributed by atoms with Crippen LogP contribution in [0.2, 0.25) is 5.02 Å². The van der Waals surface area contributed by atoms with E-state index in [1.165, 1.54) is 0 Å². The molecule has 0 atom stereocenters. The number of ether oxygens (including phenoxy) is 3. The molecule has 0 aliphatic carbocycles. The van der Waals surface area contributed by atoms with Crippen LogP contribution in [0.4, 0.5) is 0 Å². The van der Waals surface area contributed by atoms with E-state index in [1.54, 1.807) is 25.3 Å². The molecule has 18 heavy (non-hydrogen) atoms. The van der Waals surface area contributed by atoms with Crippen LogP contribution in [0.1, 0.15) is 18.4 Å². The van der Waals surface area contributed by atoms with Crippen molar-refractivity contribution in [2.45, 2.75) is 18.6 Å². The van der Waals surface area contributed by atoms with Crippen molar-refractivity contribution < 1.29 is 19.3 Å². The molecule has 0 aromatic heterocycles. The van der Waals surface area contributed by atoms with Crippen molar-refractivity contribution in [3.8, 4) is 5.75 Å². The molecule has 1 aliphatic rings. The van der Waals surface area contributed by atoms with Crippen LogP contribution >= 0.6 is 11.6 Å². The molecular formula is C13H17ClO4. The zero-order valence-corrected chi connectivity index (χ0v) is 11.1. The van der Waals surface area contributed by atoms with Gasteiger partial charge >= 0.3 is 0 Å². The first-order chi connectivity index (χ1) is 8.72. The average molecular weight is 273 g/mol. The normalized spacial score (nSPS) is 17.9. The number of methoxy groups -OCH3 is 1. The lowest BCUT2D eigenvalue weighted by molar-refractivity contribution is -0.173. The van der Waals surface area contributed by atoms with Gasteiger partial charge in [0.2, 0.25) is 0 Å². The summed E-state index contributed by atoms with van der Waals surface area (Å²) in [7, 11) is 1.60. The van der Waals surface area contributed by atoms with E-state index in [4.69, 9.17) is 30.9 Å². The first kappa shape index (κ1) is 13.6. The highest BCUT2D eigenvalue weighted by Crippen LogP contribution is 2.41. The Balaban J connectivity index is 2.38. The van der Waals surface area contributed by atoms with Gasteiger partial charge in [-0.3, -0.25) is 0 Å². The average Bonchev–Trinajstić information content (AvgIpc) is 2.86. The van der Waals surface area contributed by atoms with E-state index in [0.29, 0.717) is 36.8 Å². The molecule has 1 aromatic rings. The Kier molecular flexibility index (Phi) is 4.45. The van der Waals surface area contributed by atoms with Crippen LogP contribution in [0.15, 0.2) is 18.2 Å². The molecule has 4 nitrogen and oxygen atoms in total. The Hall–Kier alpha value is -0.810. The number of aliphatic hydroxyl groups excluding tert-OH is 1. The molecule has 1 saturated heterocycles. The molecule has 1 fully saturated rings. The lowest BCUT2D eigenvalue weighted by Gasteiger charge is -2.29. The second kappa shape index (κ2) is 5.89. The van der Waals surface area contributed by atoms with Crippen molar-refractivity contribution in [2.24, 2.45) is 0 Å². The van der Waals surface area contributed by atoms with Crippen LogP contribution in [0.5, 0.6) is 5.75 Å². The highest BCUT2D eigenvalue weighted by atomic mass is 35.5. The predicted octanol–water partition coefficient (Wildman–Crippen LogP) is 2.32. The topological polar surface area (TPSA) is 47.9 Å². The number of halogens is 1. The van der Waals surface area contributed by atoms with Gasteiger partial charge in [-0.1, -0.05) is 11.6 Å². The summed E-state index contributed by atoms with van der Waals surface area (Å²) >= 11 is 6.03. The molecule has 0 spiro atoms. The summed E-state index contributed by atoms with van der Waals surface area (Å²) in [5, 5.41) is 9.61. The molecule has 1 aliphatic heterocycles. The molecule has 1 aromatic carbocycles. The molecule has 0 radical (unpaired) electrons. The smallest absolute Gasteiger partial charge is 0.198 e. The Morgan fingerprint density at radius 3 is 2.72 bits per heavy atom. The summed E-state index contributed by atoms with van der Waals surface area (Å²) in [5.74, 6) is -0.168. The highest BCUT2D eigenvalue weighted by Gasteiger charge is 2.40. The fourth-order valence-corrected chi connectivity index (χ4v) is 2.35. The third-order valence-electron chi connectivity index (χ3n) is 2.99. The summed E-state index contributed by atoms with van der Waals surface area (Å²) in [4.78, 5) is 0. The standard InChI is InChI=1S/C13H17ClO4/c1-16-12-4-3-10(14)9-11(12)13(5-2-6-15)17-7-8-18-13/h3-4,9,15H,2,5-8H2,1H3. The van der Waals surface area contributed by atoms with Gasteiger partial charge < -0.3 is 19.3 Å². The van der Waals surface area contributed by atoms with E-state index in [-0.39, 0.29) is 6.61 Å². The number of rotatable bonds is 5. The summed E-state index contributed by atoms with van der Waals surface area (Å²) in [6.45, 7) is 1.15. The van der Waals surface area contributed by atoms with Crippen molar-refractivity contribution in [3.05, 3.63) is 28.8 Å². The first-order valence-electron chi connectivity index (χ1n) is 5.94. The van der Waals surface area contributed by atoms with Gasteiger partial charge in [-0.2, -0.15) is 0 Å². The third kappa shape index (κ3) is 2.62. The summed E-state index contributed by atoms with van der Waals surface area (Å²) in [6.07, 6.45) is 1.16. The van der Waals surface area contributed by atoms with Crippen LogP contribution < -0.4 is 4.74 Å². The van der Waals surface area contributed by atoms with Crippen molar-refractivity contribution in [3.63, 3.8) is 0 Å². The molecule has 0 bridgehead atoms. The number of aliphatic hydroxyl groups is 1. The fraction of sp³-hybridized carbons (Fsp3) is 0.538. The van der Waals surface area contributed by atoms with Crippen LogP contribution in [0.3, 0.4) is 0 Å². The van der Waals surface area contributed by atoms with Gasteiger partial charge in [0, 0.05) is 18.1 Å². The molecule has 0 saturated carbocycles. The fourth-order valence-electron chi connectivity index (χ4n) is 2.18. The predicted molar refractivity (Wildman–Crippen MR) is 67.9 cm³/mol. The third-order valence-corrected chi connectivity index (χ3v) is 3.22. The summed E-state index contributed by atoms with van der Waals surface area (Å²) in [6, 6.07) is 5.35. The van der Waals surface area contributed by atoms with E-state index in [9.17, 15) is 0 Å². The van der Waals surface area contributed by atoms with Gasteiger partial charge in [0.1, 0.15) is 5.75 Å². The van der Waals surface area contributed by atoms with Crippen molar-refractivity contribution in [2.75, 3.05) is 26.9 Å². The van der Waals surface area contributed by atoms with Gasteiger partial charge in [-0.25, -0.2) is 0 Å². The van der Waals surface area contributed by atoms with Crippen LogP contribution in [-0.2, 0) is 15.3 Å². The number of hydrogen-bond donors (Lipinski definition) is 1. The monoisotopic (exact) mass is 272 g/mol. The molecule has 5 heteroatoms. The Bertz CT molecular complexity index is 402. The second-order valence-corrected chi connectivity index (χ2v) is 4.56. The van der Waals surface area contributed by atoms with Gasteiger partial charge in [-0.15, -0.1) is 0 Å². The van der Waals surface area contributed by atoms with Gasteiger partial charge in [-0.05, 0) is 24.6 Å². The lowest BCUT2D eigenvalue weighted by atomic mass is 9.99. The van der Waals surface area contributed by atoms with Gasteiger partial charge in [0.25, 0.3) is 0 Å². The zero-order chi connectivity index (χ0) is 13.0. The van der Waals surface area contributed by atoms with Crippen molar-refractivity contribution >= 4 is 11.6 Å². The minimum absolute atomic E-state index is 0.0946. The van der Waals surface area contributed by atoms with Crippen molar-refractivity contribution in [1.29, 1.82) is 0 Å². The zero-order valence-electron chi connectivity index (χ0n) is 10.3. The van der Waals surface area contributed by atoms with E-state index in [0.717, 1.165) is 5.56 Å². The largest absolute Gasteiger partial charge is 0.496 e. The van der Waals surface area contributed by atoms with Gasteiger partial charge in [0.15, 0.2) is 5.79 Å². The van der Waals surface area contributed by atoms with Crippen LogP contribution in [0, 0.1) is 0 Å². The molecule has 0 unspecified atom stereocenters. The summed E-state index contributed by atoms with van der Waals surface area (Å²) in [5.41, 5.74) is 0.781. The lowest BCUT2D eigenvalue weighted by Crippen LogP contribution is -2.28. The molecule has 1 heterocycles. The highest BCUT2D eigenvalue weighted by molar-refractivity contribution is 6.30. The van der Waals surface area contributed by atoms with E-state index in [1.807, 2.05) is 0 Å². The quantitative estimate of drug-likeness (QED) is 0.894.